The largest absolute Gasteiger partial charge is 0.478 e. The number of nitro groups is 2. The normalized spacial score (nSPS) is 19.8. The van der Waals surface area contributed by atoms with E-state index in [1.54, 1.807) is 0 Å². The Morgan fingerprint density at radius 3 is 2.31 bits per heavy atom. The third kappa shape index (κ3) is 1.92. The Morgan fingerprint density at radius 2 is 1.94 bits per heavy atom. The first-order valence-corrected chi connectivity index (χ1v) is 3.83. The molecule has 1 atom stereocenters. The molecule has 0 aromatic rings. The van der Waals surface area contributed by atoms with E-state index in [1.807, 2.05) is 0 Å². The molecule has 1 aliphatic rings. The molecular formula is C7H4N2O7. The number of carboxylic acids is 1. The Hall–Kier alpha value is -2.58. The number of carboxylic acid groups (broad SMARTS) is 1. The zero-order chi connectivity index (χ0) is 12.5. The van der Waals surface area contributed by atoms with E-state index in [1.165, 1.54) is 0 Å². The summed E-state index contributed by atoms with van der Waals surface area (Å²) in [5, 5.41) is 29.3. The number of hydrogen-bond donors (Lipinski definition) is 1. The standard InChI is InChI=1S/C7H4N2O7/c10-6-4(7(11)12)1-3(8(13)14)2-5(6)9(15)16/h1-2,5H,(H,11,12). The minimum absolute atomic E-state index is 0.505. The number of allylic oxidation sites excluding steroid dienone is 1. The zero-order valence-electron chi connectivity index (χ0n) is 7.52. The fraction of sp³-hybridized carbons (Fsp3) is 0.143. The lowest BCUT2D eigenvalue weighted by molar-refractivity contribution is -0.497. The molecule has 0 radical (unpaired) electrons. The Labute approximate surface area is 87.0 Å². The van der Waals surface area contributed by atoms with Crippen molar-refractivity contribution >= 4 is 11.8 Å². The molecule has 16 heavy (non-hydrogen) atoms. The second kappa shape index (κ2) is 3.88. The first kappa shape index (κ1) is 11.5. The number of carbonyl (C=O) groups excluding carboxylic acids is 1. The van der Waals surface area contributed by atoms with Gasteiger partial charge >= 0.3 is 5.97 Å². The average Bonchev–Trinajstić information content (AvgIpc) is 2.16. The van der Waals surface area contributed by atoms with Gasteiger partial charge in [0, 0.05) is 11.0 Å². The van der Waals surface area contributed by atoms with Gasteiger partial charge in [-0.25, -0.2) is 4.79 Å². The van der Waals surface area contributed by atoms with E-state index in [0.717, 1.165) is 0 Å². The van der Waals surface area contributed by atoms with Gasteiger partial charge in [0.05, 0.1) is 11.0 Å². The highest BCUT2D eigenvalue weighted by Gasteiger charge is 2.40. The molecule has 0 aromatic heterocycles. The summed E-state index contributed by atoms with van der Waals surface area (Å²) in [5.74, 6) is -3.01. The molecule has 1 rings (SSSR count). The van der Waals surface area contributed by atoms with Gasteiger partial charge in [0.1, 0.15) is 5.57 Å². The number of nitrogens with zero attached hydrogens (tertiary/aromatic N) is 2. The van der Waals surface area contributed by atoms with Gasteiger partial charge in [0.25, 0.3) is 11.7 Å². The third-order valence-corrected chi connectivity index (χ3v) is 1.82. The molecule has 0 aromatic carbocycles. The van der Waals surface area contributed by atoms with Crippen LogP contribution in [0.15, 0.2) is 23.4 Å². The fourth-order valence-corrected chi connectivity index (χ4v) is 1.10. The molecule has 1 unspecified atom stereocenters. The highest BCUT2D eigenvalue weighted by Crippen LogP contribution is 2.17. The van der Waals surface area contributed by atoms with Crippen LogP contribution in [0, 0.1) is 20.2 Å². The van der Waals surface area contributed by atoms with Gasteiger partial charge in [0.15, 0.2) is 0 Å². The quantitative estimate of drug-likeness (QED) is 0.385. The summed E-state index contributed by atoms with van der Waals surface area (Å²) in [4.78, 5) is 40.4. The summed E-state index contributed by atoms with van der Waals surface area (Å²) in [6.07, 6.45) is 1.01. The van der Waals surface area contributed by atoms with Crippen molar-refractivity contribution in [2.75, 3.05) is 0 Å². The molecule has 9 heteroatoms. The van der Waals surface area contributed by atoms with Crippen LogP contribution in [0.4, 0.5) is 0 Å². The highest BCUT2D eigenvalue weighted by atomic mass is 16.6. The molecule has 0 saturated heterocycles. The van der Waals surface area contributed by atoms with Crippen LogP contribution in [0.25, 0.3) is 0 Å². The van der Waals surface area contributed by atoms with E-state index in [9.17, 15) is 29.8 Å². The summed E-state index contributed by atoms with van der Waals surface area (Å²) < 4.78 is 0. The maximum absolute atomic E-state index is 11.2. The van der Waals surface area contributed by atoms with Crippen molar-refractivity contribution in [3.8, 4) is 0 Å². The predicted molar refractivity (Wildman–Crippen MR) is 46.6 cm³/mol. The van der Waals surface area contributed by atoms with Crippen LogP contribution in [0.1, 0.15) is 0 Å². The molecule has 0 spiro atoms. The van der Waals surface area contributed by atoms with Crippen molar-refractivity contribution in [2.45, 2.75) is 6.04 Å². The molecule has 84 valence electrons. The van der Waals surface area contributed by atoms with Gasteiger partial charge in [-0.05, 0) is 0 Å². The number of ketones is 1. The molecule has 9 nitrogen and oxygen atoms in total. The van der Waals surface area contributed by atoms with Crippen molar-refractivity contribution in [2.24, 2.45) is 0 Å². The summed E-state index contributed by atoms with van der Waals surface area (Å²) in [6, 6.07) is -2.02. The Balaban J connectivity index is 3.28. The summed E-state index contributed by atoms with van der Waals surface area (Å²) in [7, 11) is 0. The van der Waals surface area contributed by atoms with Gasteiger partial charge in [-0.3, -0.25) is 25.0 Å². The van der Waals surface area contributed by atoms with Gasteiger partial charge in [0.2, 0.25) is 5.78 Å². The number of rotatable bonds is 3. The second-order valence-electron chi connectivity index (χ2n) is 2.81. The number of Topliss-reactive ketones (excluding diaryl/α,β-unsaturated/α-hetero) is 1. The molecule has 1 aliphatic carbocycles. The summed E-state index contributed by atoms with van der Waals surface area (Å²) >= 11 is 0. The molecule has 0 heterocycles. The highest BCUT2D eigenvalue weighted by molar-refractivity contribution is 6.19. The van der Waals surface area contributed by atoms with Crippen LogP contribution < -0.4 is 0 Å². The van der Waals surface area contributed by atoms with Gasteiger partial charge in [-0.2, -0.15) is 0 Å². The topological polar surface area (TPSA) is 141 Å². The van der Waals surface area contributed by atoms with Crippen molar-refractivity contribution in [1.82, 2.24) is 0 Å². The van der Waals surface area contributed by atoms with Crippen molar-refractivity contribution < 1.29 is 24.5 Å². The molecule has 1 N–H and O–H groups in total. The lowest BCUT2D eigenvalue weighted by atomic mass is 9.98. The van der Waals surface area contributed by atoms with Crippen LogP contribution in [0.3, 0.4) is 0 Å². The lowest BCUT2D eigenvalue weighted by Gasteiger charge is -2.08. The molecule has 0 bridgehead atoms. The number of carbonyl (C=O) groups is 2. The fourth-order valence-electron chi connectivity index (χ4n) is 1.10. The number of hydrogen-bond acceptors (Lipinski definition) is 6. The Morgan fingerprint density at radius 1 is 1.38 bits per heavy atom. The molecule has 0 saturated carbocycles. The third-order valence-electron chi connectivity index (χ3n) is 1.82. The molecule has 0 fully saturated rings. The van der Waals surface area contributed by atoms with Gasteiger partial charge in [-0.1, -0.05) is 0 Å². The maximum Gasteiger partial charge on any atom is 0.339 e. The van der Waals surface area contributed by atoms with Gasteiger partial charge in [-0.15, -0.1) is 0 Å². The van der Waals surface area contributed by atoms with Crippen molar-refractivity contribution in [3.63, 3.8) is 0 Å². The first-order chi connectivity index (χ1) is 7.34. The van der Waals surface area contributed by atoms with Crippen LogP contribution in [-0.4, -0.2) is 32.7 Å². The lowest BCUT2D eigenvalue weighted by Crippen LogP contribution is -2.34. The Kier molecular flexibility index (Phi) is 2.79. The molecule has 0 aliphatic heterocycles. The van der Waals surface area contributed by atoms with Crippen molar-refractivity contribution in [1.29, 1.82) is 0 Å². The minimum atomic E-state index is -2.02. The minimum Gasteiger partial charge on any atom is -0.478 e. The number of aliphatic carboxylic acids is 1. The van der Waals surface area contributed by atoms with E-state index in [0.29, 0.717) is 12.2 Å². The smallest absolute Gasteiger partial charge is 0.339 e. The van der Waals surface area contributed by atoms with E-state index >= 15 is 0 Å². The Bertz CT molecular complexity index is 461. The SMILES string of the molecule is O=C(O)C1=CC([N+](=O)[O-])=CC([N+](=O)[O-])C1=O. The summed E-state index contributed by atoms with van der Waals surface area (Å²) in [6.45, 7) is 0. The first-order valence-electron chi connectivity index (χ1n) is 3.83. The van der Waals surface area contributed by atoms with E-state index < -0.39 is 38.9 Å². The van der Waals surface area contributed by atoms with E-state index in [-0.39, 0.29) is 0 Å². The second-order valence-corrected chi connectivity index (χ2v) is 2.81. The molecule has 0 amide bonds. The molecular weight excluding hydrogens is 224 g/mol. The van der Waals surface area contributed by atoms with Crippen LogP contribution in [0.2, 0.25) is 0 Å². The average molecular weight is 228 g/mol. The zero-order valence-corrected chi connectivity index (χ0v) is 7.52. The van der Waals surface area contributed by atoms with E-state index in [4.69, 9.17) is 5.11 Å². The maximum atomic E-state index is 11.2. The predicted octanol–water partition coefficient (Wildman–Crippen LogP) is -0.614. The van der Waals surface area contributed by atoms with Crippen LogP contribution >= 0.6 is 0 Å². The summed E-state index contributed by atoms with van der Waals surface area (Å²) in [5.41, 5.74) is -1.74. The monoisotopic (exact) mass is 228 g/mol. The van der Waals surface area contributed by atoms with E-state index in [2.05, 4.69) is 0 Å². The van der Waals surface area contributed by atoms with Crippen LogP contribution in [0.5, 0.6) is 0 Å². The van der Waals surface area contributed by atoms with Crippen LogP contribution in [-0.2, 0) is 9.59 Å². The van der Waals surface area contributed by atoms with Gasteiger partial charge < -0.3 is 5.11 Å². The van der Waals surface area contributed by atoms with Crippen molar-refractivity contribution in [3.05, 3.63) is 43.7 Å².